The molecule has 1 fully saturated rings. The first-order chi connectivity index (χ1) is 16.6. The molecule has 0 bridgehead atoms. The fraction of sp³-hybridized carbons (Fsp3) is 0.480. The summed E-state index contributed by atoms with van der Waals surface area (Å²) in [5, 5.41) is 7.30. The van der Waals surface area contributed by atoms with Crippen molar-refractivity contribution in [3.8, 4) is 0 Å². The summed E-state index contributed by atoms with van der Waals surface area (Å²) in [6, 6.07) is 9.44. The predicted octanol–water partition coefficient (Wildman–Crippen LogP) is 3.88. The van der Waals surface area contributed by atoms with E-state index < -0.39 is 23.7 Å². The molecule has 10 heteroatoms. The maximum Gasteiger partial charge on any atom is 0.408 e. The first kappa shape index (κ1) is 25.0. The maximum atomic E-state index is 12.3. The molecule has 35 heavy (non-hydrogen) atoms. The number of ether oxygens (including phenoxy) is 2. The van der Waals surface area contributed by atoms with Gasteiger partial charge in [0.25, 0.3) is 0 Å². The van der Waals surface area contributed by atoms with Crippen LogP contribution >= 0.6 is 11.3 Å². The number of amidine groups is 1. The monoisotopic (exact) mass is 499 g/mol. The number of aryl methyl sites for hydroxylation is 1. The summed E-state index contributed by atoms with van der Waals surface area (Å²) >= 11 is 1.73. The Balaban J connectivity index is 1.45. The van der Waals surface area contributed by atoms with Crippen molar-refractivity contribution in [1.82, 2.24) is 15.1 Å². The van der Waals surface area contributed by atoms with E-state index >= 15 is 0 Å². The number of carbonyl (C=O) groups excluding carboxylic acids is 2. The van der Waals surface area contributed by atoms with Crippen LogP contribution in [0.3, 0.4) is 0 Å². The quantitative estimate of drug-likeness (QED) is 0.617. The van der Waals surface area contributed by atoms with E-state index in [4.69, 9.17) is 14.5 Å². The number of piperazine rings is 1. The molecule has 2 aliphatic rings. The number of thiophene rings is 1. The second kappa shape index (κ2) is 10.2. The van der Waals surface area contributed by atoms with Gasteiger partial charge in [0.2, 0.25) is 0 Å². The first-order valence-corrected chi connectivity index (χ1v) is 12.5. The molecule has 188 valence electrons. The molecule has 9 nitrogen and oxygen atoms in total. The molecule has 4 rings (SSSR count). The van der Waals surface area contributed by atoms with Crippen molar-refractivity contribution in [1.29, 1.82) is 0 Å². The van der Waals surface area contributed by atoms with Crippen LogP contribution in [0.5, 0.6) is 0 Å². The fourth-order valence-corrected chi connectivity index (χ4v) is 5.08. The Morgan fingerprint density at radius 3 is 2.60 bits per heavy atom. The highest BCUT2D eigenvalue weighted by Crippen LogP contribution is 2.39. The summed E-state index contributed by atoms with van der Waals surface area (Å²) in [4.78, 5) is 35.3. The fourth-order valence-electron chi connectivity index (χ4n) is 4.16. The number of benzene rings is 1. The Labute approximate surface area is 210 Å². The first-order valence-electron chi connectivity index (χ1n) is 11.7. The Morgan fingerprint density at radius 1 is 1.20 bits per heavy atom. The lowest BCUT2D eigenvalue weighted by molar-refractivity contribution is -0.143. The van der Waals surface area contributed by atoms with Gasteiger partial charge in [-0.1, -0.05) is 12.1 Å². The third kappa shape index (κ3) is 6.12. The van der Waals surface area contributed by atoms with Crippen LogP contribution in [0.1, 0.15) is 31.2 Å². The molecular formula is C25H33N5O4S. The van der Waals surface area contributed by atoms with Gasteiger partial charge in [0.1, 0.15) is 22.5 Å². The van der Waals surface area contributed by atoms with Crippen molar-refractivity contribution in [3.05, 3.63) is 40.8 Å². The zero-order chi connectivity index (χ0) is 25.2. The molecule has 1 atom stereocenters. The van der Waals surface area contributed by atoms with Crippen LogP contribution in [0, 0.1) is 6.92 Å². The van der Waals surface area contributed by atoms with Crippen molar-refractivity contribution in [3.63, 3.8) is 0 Å². The average Bonchev–Trinajstić information content (AvgIpc) is 3.09. The number of amides is 1. The Morgan fingerprint density at radius 2 is 1.91 bits per heavy atom. The number of para-hydroxylation sites is 2. The molecule has 0 saturated carbocycles. The largest absolute Gasteiger partial charge is 0.467 e. The standard InChI is InChI=1S/C25H33N5O4S/c1-16-14-17-21(26-18-8-6-7-9-19(18)27-22(17)35-16)30-12-10-29(11-13-30)15-20(23(31)33-5)28-24(32)34-25(2,3)4/h6-9,14,20,27H,10-13,15H2,1-5H3,(H,28,32). The summed E-state index contributed by atoms with van der Waals surface area (Å²) in [5.41, 5.74) is 2.37. The van der Waals surface area contributed by atoms with Gasteiger partial charge >= 0.3 is 12.1 Å². The number of rotatable bonds is 4. The Bertz CT molecular complexity index is 1120. The van der Waals surface area contributed by atoms with Crippen LogP contribution in [0.15, 0.2) is 35.3 Å². The van der Waals surface area contributed by atoms with Crippen LogP contribution in [0.4, 0.5) is 21.2 Å². The van der Waals surface area contributed by atoms with Gasteiger partial charge in [0, 0.05) is 37.6 Å². The number of anilines is 2. The van der Waals surface area contributed by atoms with E-state index in [9.17, 15) is 9.59 Å². The lowest BCUT2D eigenvalue weighted by atomic mass is 10.2. The third-order valence-electron chi connectivity index (χ3n) is 5.76. The predicted molar refractivity (Wildman–Crippen MR) is 138 cm³/mol. The minimum Gasteiger partial charge on any atom is -0.467 e. The molecule has 1 saturated heterocycles. The van der Waals surface area contributed by atoms with E-state index in [2.05, 4.69) is 33.4 Å². The van der Waals surface area contributed by atoms with Crippen LogP contribution in [0.2, 0.25) is 0 Å². The van der Waals surface area contributed by atoms with Gasteiger partial charge in [-0.2, -0.15) is 0 Å². The molecule has 0 aliphatic carbocycles. The number of nitrogens with one attached hydrogen (secondary N) is 2. The topological polar surface area (TPSA) is 95.5 Å². The molecule has 3 heterocycles. The molecule has 2 aromatic rings. The van der Waals surface area contributed by atoms with Crippen molar-refractivity contribution in [2.45, 2.75) is 39.3 Å². The van der Waals surface area contributed by atoms with Gasteiger partial charge in [-0.25, -0.2) is 14.6 Å². The number of nitrogens with zero attached hydrogens (tertiary/aromatic N) is 3. The number of carbonyl (C=O) groups is 2. The normalized spacial score (nSPS) is 16.7. The minimum absolute atomic E-state index is 0.347. The number of hydrogen-bond donors (Lipinski definition) is 2. The number of methoxy groups -OCH3 is 1. The summed E-state index contributed by atoms with van der Waals surface area (Å²) in [6.45, 7) is 10.7. The molecule has 2 aliphatic heterocycles. The summed E-state index contributed by atoms with van der Waals surface area (Å²) < 4.78 is 10.2. The average molecular weight is 500 g/mol. The smallest absolute Gasteiger partial charge is 0.408 e. The van der Waals surface area contributed by atoms with E-state index in [-0.39, 0.29) is 0 Å². The number of hydrogen-bond acceptors (Lipinski definition) is 9. The van der Waals surface area contributed by atoms with Gasteiger partial charge in [-0.15, -0.1) is 11.3 Å². The molecular weight excluding hydrogens is 466 g/mol. The summed E-state index contributed by atoms with van der Waals surface area (Å²) in [5.74, 6) is 0.463. The molecule has 1 amide bonds. The lowest BCUT2D eigenvalue weighted by Gasteiger charge is -2.37. The van der Waals surface area contributed by atoms with E-state index in [1.165, 1.54) is 12.0 Å². The van der Waals surface area contributed by atoms with Crippen molar-refractivity contribution >= 4 is 45.6 Å². The summed E-state index contributed by atoms with van der Waals surface area (Å²) in [7, 11) is 1.32. The Kier molecular flexibility index (Phi) is 7.32. The number of fused-ring (bicyclic) bond motifs is 2. The molecule has 0 radical (unpaired) electrons. The van der Waals surface area contributed by atoms with Crippen LogP contribution in [-0.2, 0) is 14.3 Å². The molecule has 0 spiro atoms. The van der Waals surface area contributed by atoms with Gasteiger partial charge < -0.3 is 25.0 Å². The minimum atomic E-state index is -0.807. The Hall–Kier alpha value is -3.11. The highest BCUT2D eigenvalue weighted by Gasteiger charge is 2.30. The summed E-state index contributed by atoms with van der Waals surface area (Å²) in [6.07, 6.45) is -0.633. The van der Waals surface area contributed by atoms with E-state index in [1.54, 1.807) is 32.1 Å². The second-order valence-corrected chi connectivity index (χ2v) is 10.9. The number of esters is 1. The van der Waals surface area contributed by atoms with E-state index in [0.29, 0.717) is 6.54 Å². The zero-order valence-corrected chi connectivity index (χ0v) is 21.7. The lowest BCUT2D eigenvalue weighted by Crippen LogP contribution is -2.55. The number of alkyl carbamates (subject to hydrolysis) is 1. The molecule has 1 aromatic carbocycles. The molecule has 2 N–H and O–H groups in total. The zero-order valence-electron chi connectivity index (χ0n) is 20.9. The highest BCUT2D eigenvalue weighted by atomic mass is 32.1. The van der Waals surface area contributed by atoms with Crippen LogP contribution in [-0.4, -0.2) is 79.2 Å². The third-order valence-corrected chi connectivity index (χ3v) is 6.73. The van der Waals surface area contributed by atoms with Crippen LogP contribution in [0.25, 0.3) is 0 Å². The SMILES string of the molecule is COC(=O)C(CN1CCN(C2=Nc3ccccc3Nc3sc(C)cc32)CC1)NC(=O)OC(C)(C)C. The second-order valence-electron chi connectivity index (χ2n) is 9.69. The van der Waals surface area contributed by atoms with E-state index in [0.717, 1.165) is 54.0 Å². The van der Waals surface area contributed by atoms with Crippen LogP contribution < -0.4 is 10.6 Å². The van der Waals surface area contributed by atoms with Gasteiger partial charge in [-0.05, 0) is 45.9 Å². The van der Waals surface area contributed by atoms with Gasteiger partial charge in [-0.3, -0.25) is 4.90 Å². The van der Waals surface area contributed by atoms with Crippen molar-refractivity contribution < 1.29 is 19.1 Å². The number of aliphatic imine (C=N–C) groups is 1. The van der Waals surface area contributed by atoms with E-state index in [1.807, 2.05) is 24.3 Å². The van der Waals surface area contributed by atoms with Crippen molar-refractivity contribution in [2.75, 3.05) is 45.2 Å². The van der Waals surface area contributed by atoms with Gasteiger partial charge in [0.15, 0.2) is 0 Å². The molecule has 1 aromatic heterocycles. The van der Waals surface area contributed by atoms with Gasteiger partial charge in [0.05, 0.1) is 24.0 Å². The van der Waals surface area contributed by atoms with Crippen molar-refractivity contribution in [2.24, 2.45) is 4.99 Å². The highest BCUT2D eigenvalue weighted by molar-refractivity contribution is 7.16. The maximum absolute atomic E-state index is 12.3. The molecule has 1 unspecified atom stereocenters.